The summed E-state index contributed by atoms with van der Waals surface area (Å²) in [6, 6.07) is 0. The molecule has 1 saturated heterocycles. The summed E-state index contributed by atoms with van der Waals surface area (Å²) in [5.41, 5.74) is 1.40. The molecule has 1 aromatic heterocycles. The molecule has 4 heteroatoms. The molecule has 0 bridgehead atoms. The van der Waals surface area contributed by atoms with Gasteiger partial charge in [-0.3, -0.25) is 0 Å². The van der Waals surface area contributed by atoms with E-state index in [0.717, 1.165) is 24.9 Å². The Hall–Kier alpha value is -0.610. The Bertz CT molecular complexity index is 411. The molecule has 18 heavy (non-hydrogen) atoms. The molecule has 1 aliphatic carbocycles. The van der Waals surface area contributed by atoms with E-state index in [2.05, 4.69) is 24.1 Å². The summed E-state index contributed by atoms with van der Waals surface area (Å²) in [6.45, 7) is 8.94. The lowest BCUT2D eigenvalue weighted by molar-refractivity contribution is 0.659. The van der Waals surface area contributed by atoms with Crippen LogP contribution >= 0.6 is 11.3 Å². The van der Waals surface area contributed by atoms with Gasteiger partial charge in [0.2, 0.25) is 0 Å². The maximum absolute atomic E-state index is 4.95. The summed E-state index contributed by atoms with van der Waals surface area (Å²) < 4.78 is 0. The summed E-state index contributed by atoms with van der Waals surface area (Å²) in [7, 11) is 0. The number of nitrogens with one attached hydrogen (secondary N) is 1. The van der Waals surface area contributed by atoms with Crippen LogP contribution in [-0.2, 0) is 6.54 Å². The maximum atomic E-state index is 4.95. The van der Waals surface area contributed by atoms with Crippen molar-refractivity contribution >= 4 is 16.5 Å². The van der Waals surface area contributed by atoms with Gasteiger partial charge in [0.15, 0.2) is 5.13 Å². The topological polar surface area (TPSA) is 28.2 Å². The van der Waals surface area contributed by atoms with Crippen molar-refractivity contribution in [3.05, 3.63) is 10.6 Å². The summed E-state index contributed by atoms with van der Waals surface area (Å²) in [5.74, 6) is 1.60. The summed E-state index contributed by atoms with van der Waals surface area (Å²) in [4.78, 5) is 8.91. The Morgan fingerprint density at radius 2 is 2.22 bits per heavy atom. The first-order chi connectivity index (χ1) is 8.78. The minimum Gasteiger partial charge on any atom is -0.348 e. The predicted molar refractivity (Wildman–Crippen MR) is 77.5 cm³/mol. The highest BCUT2D eigenvalue weighted by atomic mass is 32.1. The van der Waals surface area contributed by atoms with Crippen molar-refractivity contribution in [3.63, 3.8) is 0 Å². The predicted octanol–water partition coefficient (Wildman–Crippen LogP) is 2.98. The van der Waals surface area contributed by atoms with Crippen LogP contribution in [0.2, 0.25) is 0 Å². The molecule has 1 aliphatic heterocycles. The number of anilines is 1. The van der Waals surface area contributed by atoms with E-state index in [1.54, 1.807) is 0 Å². The minimum absolute atomic E-state index is 0.767. The molecule has 100 valence electrons. The zero-order valence-electron chi connectivity index (χ0n) is 11.4. The zero-order valence-corrected chi connectivity index (χ0v) is 12.2. The van der Waals surface area contributed by atoms with Gasteiger partial charge in [0.05, 0.1) is 5.69 Å². The minimum atomic E-state index is 0.767. The lowest BCUT2D eigenvalue weighted by Gasteiger charge is -2.13. The van der Waals surface area contributed by atoms with Crippen LogP contribution in [0.5, 0.6) is 0 Å². The largest absolute Gasteiger partial charge is 0.348 e. The van der Waals surface area contributed by atoms with Crippen LogP contribution in [0.15, 0.2) is 0 Å². The average molecular weight is 265 g/mol. The van der Waals surface area contributed by atoms with Crippen LogP contribution in [0.3, 0.4) is 0 Å². The molecule has 0 amide bonds. The molecule has 2 heterocycles. The van der Waals surface area contributed by atoms with Crippen molar-refractivity contribution in [2.75, 3.05) is 24.5 Å². The van der Waals surface area contributed by atoms with Crippen molar-refractivity contribution in [2.45, 2.75) is 45.6 Å². The van der Waals surface area contributed by atoms with E-state index in [-0.39, 0.29) is 0 Å². The molecule has 1 atom stereocenters. The number of nitrogens with zero attached hydrogens (tertiary/aromatic N) is 2. The third-order valence-electron chi connectivity index (χ3n) is 3.91. The van der Waals surface area contributed by atoms with Crippen molar-refractivity contribution < 1.29 is 0 Å². The van der Waals surface area contributed by atoms with Gasteiger partial charge in [0.1, 0.15) is 0 Å². The average Bonchev–Trinajstić information content (AvgIpc) is 2.98. The van der Waals surface area contributed by atoms with Crippen LogP contribution < -0.4 is 10.2 Å². The summed E-state index contributed by atoms with van der Waals surface area (Å²) >= 11 is 1.92. The first kappa shape index (κ1) is 12.4. The van der Waals surface area contributed by atoms with Gasteiger partial charge in [-0.25, -0.2) is 4.98 Å². The molecule has 0 radical (unpaired) electrons. The van der Waals surface area contributed by atoms with Gasteiger partial charge in [-0.2, -0.15) is 0 Å². The van der Waals surface area contributed by atoms with Gasteiger partial charge < -0.3 is 10.2 Å². The molecule has 0 spiro atoms. The smallest absolute Gasteiger partial charge is 0.185 e. The van der Waals surface area contributed by atoms with E-state index in [0.29, 0.717) is 0 Å². The first-order valence-corrected chi connectivity index (χ1v) is 8.04. The number of thiazole rings is 1. The molecule has 1 unspecified atom stereocenters. The van der Waals surface area contributed by atoms with E-state index < -0.39 is 0 Å². The molecule has 1 N–H and O–H groups in total. The number of aromatic nitrogens is 1. The van der Waals surface area contributed by atoms with Crippen molar-refractivity contribution in [1.29, 1.82) is 0 Å². The van der Waals surface area contributed by atoms with Crippen LogP contribution in [0.1, 0.15) is 49.6 Å². The fourth-order valence-electron chi connectivity index (χ4n) is 2.64. The monoisotopic (exact) mass is 265 g/mol. The number of hydrogen-bond donors (Lipinski definition) is 1. The van der Waals surface area contributed by atoms with E-state index in [4.69, 9.17) is 4.98 Å². The van der Waals surface area contributed by atoms with Crippen molar-refractivity contribution in [3.8, 4) is 0 Å². The highest BCUT2D eigenvalue weighted by Gasteiger charge is 2.31. The second-order valence-electron chi connectivity index (χ2n) is 5.70. The fraction of sp³-hybridized carbons (Fsp3) is 0.786. The highest BCUT2D eigenvalue weighted by Crippen LogP contribution is 2.44. The molecule has 2 fully saturated rings. The Labute approximate surface area is 114 Å². The Kier molecular flexibility index (Phi) is 3.57. The van der Waals surface area contributed by atoms with Gasteiger partial charge in [0.25, 0.3) is 0 Å². The summed E-state index contributed by atoms with van der Waals surface area (Å²) in [6.07, 6.45) is 4.01. The van der Waals surface area contributed by atoms with Crippen LogP contribution in [0.4, 0.5) is 5.13 Å². The molecule has 0 aromatic carbocycles. The number of rotatable bonds is 5. The third kappa shape index (κ3) is 2.54. The molecule has 1 aromatic rings. The van der Waals surface area contributed by atoms with Gasteiger partial charge in [0, 0.05) is 30.4 Å². The molecule has 3 rings (SSSR count). The highest BCUT2D eigenvalue weighted by molar-refractivity contribution is 7.15. The molecular weight excluding hydrogens is 242 g/mol. The normalized spacial score (nSPS) is 23.9. The van der Waals surface area contributed by atoms with Crippen LogP contribution in [0.25, 0.3) is 0 Å². The SMILES string of the molecule is CCNCc1sc(N2CCC(C)C2)nc1C1CC1. The van der Waals surface area contributed by atoms with E-state index >= 15 is 0 Å². The second kappa shape index (κ2) is 5.17. The van der Waals surface area contributed by atoms with E-state index in [1.807, 2.05) is 11.3 Å². The second-order valence-corrected chi connectivity index (χ2v) is 6.76. The molecule has 1 saturated carbocycles. The lowest BCUT2D eigenvalue weighted by Crippen LogP contribution is -2.18. The van der Waals surface area contributed by atoms with E-state index in [9.17, 15) is 0 Å². The Morgan fingerprint density at radius 3 is 2.83 bits per heavy atom. The zero-order chi connectivity index (χ0) is 12.5. The van der Waals surface area contributed by atoms with Crippen molar-refractivity contribution in [1.82, 2.24) is 10.3 Å². The first-order valence-electron chi connectivity index (χ1n) is 7.23. The molecule has 2 aliphatic rings. The maximum Gasteiger partial charge on any atom is 0.185 e. The quantitative estimate of drug-likeness (QED) is 0.887. The van der Waals surface area contributed by atoms with Gasteiger partial charge in [-0.05, 0) is 31.7 Å². The van der Waals surface area contributed by atoms with Gasteiger partial charge >= 0.3 is 0 Å². The third-order valence-corrected chi connectivity index (χ3v) is 5.04. The van der Waals surface area contributed by atoms with Crippen LogP contribution in [0, 0.1) is 5.92 Å². The lowest BCUT2D eigenvalue weighted by atomic mass is 10.2. The fourth-order valence-corrected chi connectivity index (χ4v) is 3.79. The van der Waals surface area contributed by atoms with Crippen molar-refractivity contribution in [2.24, 2.45) is 5.92 Å². The van der Waals surface area contributed by atoms with Gasteiger partial charge in [-0.1, -0.05) is 13.8 Å². The van der Waals surface area contributed by atoms with Gasteiger partial charge in [-0.15, -0.1) is 11.3 Å². The van der Waals surface area contributed by atoms with E-state index in [1.165, 1.54) is 48.1 Å². The Balaban J connectivity index is 1.78. The Morgan fingerprint density at radius 1 is 1.39 bits per heavy atom. The summed E-state index contributed by atoms with van der Waals surface area (Å²) in [5, 5.41) is 4.72. The molecule has 3 nitrogen and oxygen atoms in total. The standard InChI is InChI=1S/C14H23N3S/c1-3-15-8-12-13(11-4-5-11)16-14(18-12)17-7-6-10(2)9-17/h10-11,15H,3-9H2,1-2H3. The number of hydrogen-bond acceptors (Lipinski definition) is 4. The van der Waals surface area contributed by atoms with Crippen LogP contribution in [-0.4, -0.2) is 24.6 Å². The molecular formula is C14H23N3S.